The van der Waals surface area contributed by atoms with E-state index in [-0.39, 0.29) is 44.6 Å². The number of piperazine rings is 1. The number of amides is 2. The Balaban J connectivity index is 1.50. The van der Waals surface area contributed by atoms with E-state index in [9.17, 15) is 35.9 Å². The highest BCUT2D eigenvalue weighted by Crippen LogP contribution is 2.41. The molecule has 2 amide bonds. The molecule has 2 saturated heterocycles. The van der Waals surface area contributed by atoms with Crippen molar-refractivity contribution >= 4 is 17.5 Å². The number of pyridine rings is 1. The van der Waals surface area contributed by atoms with E-state index in [2.05, 4.69) is 9.88 Å². The summed E-state index contributed by atoms with van der Waals surface area (Å²) in [6.45, 7) is 3.95. The number of aromatic nitrogens is 1. The lowest BCUT2D eigenvalue weighted by atomic mass is 9.79. The third kappa shape index (κ3) is 8.56. The summed E-state index contributed by atoms with van der Waals surface area (Å²) in [6.07, 6.45) is -6.04. The number of carbonyl (C=O) groups is 2. The van der Waals surface area contributed by atoms with Crippen LogP contribution in [0.25, 0.3) is 0 Å². The molecule has 0 saturated carbocycles. The van der Waals surface area contributed by atoms with E-state index in [1.165, 1.54) is 4.90 Å². The average molecular weight is 737 g/mol. The number of unbranched alkanes of at least 4 members (excludes halogenated alkanes) is 1. The van der Waals surface area contributed by atoms with Gasteiger partial charge in [0.25, 0.3) is 11.8 Å². The third-order valence-electron chi connectivity index (χ3n) is 9.47. The van der Waals surface area contributed by atoms with E-state index in [1.54, 1.807) is 12.0 Å². The van der Waals surface area contributed by atoms with Crippen LogP contribution in [0.15, 0.2) is 67.0 Å². The number of rotatable bonds is 12. The van der Waals surface area contributed by atoms with Crippen molar-refractivity contribution in [1.82, 2.24) is 14.8 Å². The van der Waals surface area contributed by atoms with Crippen molar-refractivity contribution < 1.29 is 50.1 Å². The Morgan fingerprint density at radius 1 is 0.904 bits per heavy atom. The molecule has 15 heteroatoms. The zero-order valence-electron chi connectivity index (χ0n) is 29.0. The largest absolute Gasteiger partial charge is 0.489 e. The van der Waals surface area contributed by atoms with Crippen LogP contribution in [0.1, 0.15) is 60.5 Å². The number of hydrogen-bond donors (Lipinski definition) is 0. The van der Waals surface area contributed by atoms with E-state index in [0.29, 0.717) is 44.9 Å². The van der Waals surface area contributed by atoms with Gasteiger partial charge in [0.15, 0.2) is 0 Å². The summed E-state index contributed by atoms with van der Waals surface area (Å²) in [6, 6.07) is 11.1. The smallest absolute Gasteiger partial charge is 0.417 e. The lowest BCUT2D eigenvalue weighted by Crippen LogP contribution is -2.69. The van der Waals surface area contributed by atoms with Crippen LogP contribution in [0, 0.1) is 0 Å². The van der Waals surface area contributed by atoms with E-state index in [4.69, 9.17) is 14.2 Å². The molecule has 0 bridgehead atoms. The van der Waals surface area contributed by atoms with Crippen molar-refractivity contribution in [1.29, 1.82) is 0 Å². The van der Waals surface area contributed by atoms with Gasteiger partial charge in [0, 0.05) is 58.6 Å². The first-order valence-corrected chi connectivity index (χ1v) is 17.2. The molecule has 2 atom stereocenters. The second-order valence-corrected chi connectivity index (χ2v) is 12.8. The Morgan fingerprint density at radius 2 is 1.62 bits per heavy atom. The molecular weight excluding hydrogens is 694 g/mol. The highest BCUT2D eigenvalue weighted by Gasteiger charge is 2.56. The number of piperidine rings is 1. The van der Waals surface area contributed by atoms with Gasteiger partial charge in [0.05, 0.1) is 35.0 Å². The number of ether oxygens (including phenoxy) is 3. The SMILES string of the molecule is CCCCC1N(C(=O)c2cnccc2C(F)(F)F)CCCC1(Oc1ccc(C(F)(F)F)cc1)C(=O)N1CCN(c2ccccc2OCCOC)CC1. The fourth-order valence-electron chi connectivity index (χ4n) is 6.91. The second kappa shape index (κ2) is 16.4. The van der Waals surface area contributed by atoms with Crippen molar-refractivity contribution in [3.63, 3.8) is 0 Å². The van der Waals surface area contributed by atoms with Crippen LogP contribution in [0.3, 0.4) is 0 Å². The van der Waals surface area contributed by atoms with E-state index >= 15 is 0 Å². The highest BCUT2D eigenvalue weighted by molar-refractivity contribution is 5.97. The summed E-state index contributed by atoms with van der Waals surface area (Å²) in [4.78, 5) is 37.8. The predicted molar refractivity (Wildman–Crippen MR) is 180 cm³/mol. The van der Waals surface area contributed by atoms with Crippen molar-refractivity contribution in [2.45, 2.75) is 63.0 Å². The quantitative estimate of drug-likeness (QED) is 0.145. The van der Waals surface area contributed by atoms with Crippen molar-refractivity contribution in [3.8, 4) is 11.5 Å². The first-order chi connectivity index (χ1) is 24.8. The number of methoxy groups -OCH3 is 1. The summed E-state index contributed by atoms with van der Waals surface area (Å²) in [5.74, 6) is -0.826. The van der Waals surface area contributed by atoms with E-state index < -0.39 is 52.5 Å². The second-order valence-electron chi connectivity index (χ2n) is 12.8. The molecule has 52 heavy (non-hydrogen) atoms. The van der Waals surface area contributed by atoms with Gasteiger partial charge in [0.2, 0.25) is 5.60 Å². The van der Waals surface area contributed by atoms with Gasteiger partial charge in [-0.1, -0.05) is 31.9 Å². The van der Waals surface area contributed by atoms with Crippen molar-refractivity contribution in [2.75, 3.05) is 57.9 Å². The maximum absolute atomic E-state index is 14.9. The highest BCUT2D eigenvalue weighted by atomic mass is 19.4. The van der Waals surface area contributed by atoms with Gasteiger partial charge >= 0.3 is 12.4 Å². The lowest BCUT2D eigenvalue weighted by Gasteiger charge is -2.51. The van der Waals surface area contributed by atoms with Gasteiger partial charge in [-0.15, -0.1) is 0 Å². The van der Waals surface area contributed by atoms with Gasteiger partial charge in [-0.25, -0.2) is 0 Å². The topological polar surface area (TPSA) is 84.4 Å². The Bertz CT molecular complexity index is 1660. The lowest BCUT2D eigenvalue weighted by molar-refractivity contribution is -0.159. The number of benzene rings is 2. The summed E-state index contributed by atoms with van der Waals surface area (Å²) >= 11 is 0. The fraction of sp³-hybridized carbons (Fsp3) is 0.486. The maximum atomic E-state index is 14.9. The molecule has 0 radical (unpaired) electrons. The van der Waals surface area contributed by atoms with Crippen LogP contribution in [-0.4, -0.2) is 91.3 Å². The Morgan fingerprint density at radius 3 is 2.27 bits per heavy atom. The number of carbonyl (C=O) groups excluding carboxylic acids is 2. The van der Waals surface area contributed by atoms with Crippen LogP contribution in [0.2, 0.25) is 0 Å². The maximum Gasteiger partial charge on any atom is 0.417 e. The number of likely N-dealkylation sites (tertiary alicyclic amines) is 1. The molecule has 2 aromatic carbocycles. The molecular formula is C37H42F6N4O5. The summed E-state index contributed by atoms with van der Waals surface area (Å²) < 4.78 is 100. The molecule has 1 aromatic heterocycles. The minimum atomic E-state index is -4.85. The minimum absolute atomic E-state index is 0.0322. The number of halogens is 6. The molecule has 9 nitrogen and oxygen atoms in total. The molecule has 5 rings (SSSR count). The number of hydrogen-bond acceptors (Lipinski definition) is 7. The zero-order chi connectivity index (χ0) is 37.5. The van der Waals surface area contributed by atoms with Crippen LogP contribution in [0.4, 0.5) is 32.0 Å². The first kappa shape index (κ1) is 38.7. The number of para-hydroxylation sites is 2. The molecule has 3 aromatic rings. The van der Waals surface area contributed by atoms with Crippen LogP contribution < -0.4 is 14.4 Å². The van der Waals surface area contributed by atoms with Gasteiger partial charge < -0.3 is 28.9 Å². The van der Waals surface area contributed by atoms with Crippen LogP contribution >= 0.6 is 0 Å². The van der Waals surface area contributed by atoms with E-state index in [1.807, 2.05) is 31.2 Å². The summed E-state index contributed by atoms with van der Waals surface area (Å²) in [5, 5.41) is 0. The molecule has 3 heterocycles. The number of alkyl halides is 6. The fourth-order valence-corrected chi connectivity index (χ4v) is 6.91. The zero-order valence-corrected chi connectivity index (χ0v) is 29.0. The third-order valence-corrected chi connectivity index (χ3v) is 9.47. The number of nitrogens with zero attached hydrogens (tertiary/aromatic N) is 4. The normalized spacial score (nSPS) is 19.8. The molecule has 282 valence electrons. The van der Waals surface area contributed by atoms with Crippen LogP contribution in [-0.2, 0) is 21.9 Å². The molecule has 2 aliphatic rings. The summed E-state index contributed by atoms with van der Waals surface area (Å²) in [7, 11) is 1.58. The minimum Gasteiger partial charge on any atom is -0.489 e. The standard InChI is InChI=1S/C37H42F6N4O5/c1-3-4-10-32-35(52-27-13-11-26(12-14-27)36(38,39)40,16-7-18-47(32)33(48)28-25-44-17-15-29(28)37(41,42)43)34(49)46-21-19-45(20-22-46)30-8-5-6-9-31(30)51-24-23-50-2/h5-6,8-9,11-15,17,25,32H,3-4,7,10,16,18-24H2,1-2H3. The van der Waals surface area contributed by atoms with Crippen LogP contribution in [0.5, 0.6) is 11.5 Å². The van der Waals surface area contributed by atoms with E-state index in [0.717, 1.165) is 48.4 Å². The molecule has 0 aliphatic carbocycles. The molecule has 2 fully saturated rings. The van der Waals surface area contributed by atoms with Crippen molar-refractivity contribution in [2.24, 2.45) is 0 Å². The monoisotopic (exact) mass is 736 g/mol. The van der Waals surface area contributed by atoms with Gasteiger partial charge in [-0.3, -0.25) is 14.6 Å². The molecule has 2 aliphatic heterocycles. The number of anilines is 1. The van der Waals surface area contributed by atoms with Gasteiger partial charge in [-0.05, 0) is 55.3 Å². The molecule has 0 spiro atoms. The predicted octanol–water partition coefficient (Wildman–Crippen LogP) is 7.11. The Labute approximate surface area is 298 Å². The van der Waals surface area contributed by atoms with Crippen molar-refractivity contribution in [3.05, 3.63) is 83.7 Å². The first-order valence-electron chi connectivity index (χ1n) is 17.2. The summed E-state index contributed by atoms with van der Waals surface area (Å²) in [5.41, 5.74) is -3.72. The Kier molecular flexibility index (Phi) is 12.2. The Hall–Kier alpha value is -4.53. The average Bonchev–Trinajstić information content (AvgIpc) is 3.13. The molecule has 0 N–H and O–H groups in total. The molecule has 2 unspecified atom stereocenters. The van der Waals surface area contributed by atoms with Gasteiger partial charge in [0.1, 0.15) is 18.1 Å². The van der Waals surface area contributed by atoms with Gasteiger partial charge in [-0.2, -0.15) is 26.3 Å².